The summed E-state index contributed by atoms with van der Waals surface area (Å²) in [4.78, 5) is 13.0. The Morgan fingerprint density at radius 1 is 1.32 bits per heavy atom. The number of carbonyl (C=O) groups excluding carboxylic acids is 1. The number of nitrogens with zero attached hydrogens (tertiary/aromatic N) is 1. The molecule has 5 nitrogen and oxygen atoms in total. The number of aromatic hydroxyl groups is 1. The summed E-state index contributed by atoms with van der Waals surface area (Å²) in [5.74, 6) is 4.64. The van der Waals surface area contributed by atoms with Crippen LogP contribution < -0.4 is 0 Å². The number of aliphatic hydroxyl groups excluding tert-OH is 2. The first-order chi connectivity index (χ1) is 8.97. The normalized spacial score (nSPS) is 21.9. The maximum atomic E-state index is 11.7. The Bertz CT molecular complexity index is 553. The molecule has 100 valence electrons. The largest absolute Gasteiger partial charge is 0.507 e. The number of likely N-dealkylation sites (tertiary alicyclic amines) is 1. The number of halogens is 1. The minimum atomic E-state index is -0.914. The van der Waals surface area contributed by atoms with Gasteiger partial charge in [-0.3, -0.25) is 4.79 Å². The van der Waals surface area contributed by atoms with Gasteiger partial charge in [0, 0.05) is 11.5 Å². The molecule has 6 heteroatoms. The number of hydrogen-bond donors (Lipinski definition) is 3. The van der Waals surface area contributed by atoms with E-state index in [-0.39, 0.29) is 18.8 Å². The van der Waals surface area contributed by atoms with E-state index in [0.717, 1.165) is 0 Å². The van der Waals surface area contributed by atoms with Gasteiger partial charge in [-0.15, -0.1) is 0 Å². The molecule has 3 N–H and O–H groups in total. The number of β-amino-alcohol motifs (C(OH)–C–C–N with tert-alkyl or cyclic N) is 2. The fourth-order valence-electron chi connectivity index (χ4n) is 1.73. The second-order valence-electron chi connectivity index (χ2n) is 4.26. The quantitative estimate of drug-likeness (QED) is 0.590. The molecule has 0 spiro atoms. The van der Waals surface area contributed by atoms with Gasteiger partial charge in [0.15, 0.2) is 0 Å². The molecule has 0 unspecified atom stereocenters. The van der Waals surface area contributed by atoms with Gasteiger partial charge in [0.2, 0.25) is 0 Å². The Hall–Kier alpha value is -1.55. The van der Waals surface area contributed by atoms with E-state index in [1.807, 2.05) is 0 Å². The molecule has 0 radical (unpaired) electrons. The van der Waals surface area contributed by atoms with Crippen molar-refractivity contribution in [2.45, 2.75) is 12.2 Å². The van der Waals surface area contributed by atoms with Crippen molar-refractivity contribution < 1.29 is 20.1 Å². The topological polar surface area (TPSA) is 81.0 Å². The van der Waals surface area contributed by atoms with E-state index in [0.29, 0.717) is 10.0 Å². The number of phenols is 1. The van der Waals surface area contributed by atoms with Crippen LogP contribution in [-0.4, -0.2) is 51.4 Å². The van der Waals surface area contributed by atoms with Crippen LogP contribution in [0.25, 0.3) is 0 Å². The van der Waals surface area contributed by atoms with Gasteiger partial charge in [0.25, 0.3) is 5.91 Å². The number of benzene rings is 1. The molecule has 0 aliphatic carbocycles. The van der Waals surface area contributed by atoms with Gasteiger partial charge in [-0.2, -0.15) is 0 Å². The Morgan fingerprint density at radius 3 is 2.53 bits per heavy atom. The zero-order valence-corrected chi connectivity index (χ0v) is 11.5. The second kappa shape index (κ2) is 5.61. The zero-order chi connectivity index (χ0) is 14.0. The molecule has 1 aliphatic rings. The molecule has 2 rings (SSSR count). The van der Waals surface area contributed by atoms with Crippen molar-refractivity contribution >= 4 is 21.8 Å². The number of rotatable bonds is 0. The smallest absolute Gasteiger partial charge is 0.299 e. The van der Waals surface area contributed by atoms with Crippen molar-refractivity contribution in [1.29, 1.82) is 0 Å². The number of hydrogen-bond acceptors (Lipinski definition) is 4. The molecular formula is C13H12BrNO4. The average molecular weight is 326 g/mol. The Balaban J connectivity index is 2.07. The SMILES string of the molecule is O=C(C#Cc1ccc(Br)c(O)c1)N1C[C@@H](O)[C@@H](O)C1. The number of aliphatic hydroxyl groups is 2. The molecule has 1 aromatic rings. The van der Waals surface area contributed by atoms with E-state index in [9.17, 15) is 20.1 Å². The van der Waals surface area contributed by atoms with Crippen molar-refractivity contribution in [3.8, 4) is 17.6 Å². The fourth-order valence-corrected chi connectivity index (χ4v) is 1.98. The van der Waals surface area contributed by atoms with Crippen molar-refractivity contribution in [1.82, 2.24) is 4.90 Å². The molecule has 1 fully saturated rings. The Labute approximate surface area is 118 Å². The highest BCUT2D eigenvalue weighted by Crippen LogP contribution is 2.23. The third-order valence-corrected chi connectivity index (χ3v) is 3.48. The van der Waals surface area contributed by atoms with E-state index in [2.05, 4.69) is 27.8 Å². The van der Waals surface area contributed by atoms with Gasteiger partial charge in [-0.1, -0.05) is 5.92 Å². The van der Waals surface area contributed by atoms with Gasteiger partial charge in [0.1, 0.15) is 5.75 Å². The molecule has 1 aromatic carbocycles. The van der Waals surface area contributed by atoms with Crippen LogP contribution in [-0.2, 0) is 4.79 Å². The summed E-state index contributed by atoms with van der Waals surface area (Å²) in [5, 5.41) is 28.1. The Kier molecular flexibility index (Phi) is 4.10. The van der Waals surface area contributed by atoms with Gasteiger partial charge < -0.3 is 20.2 Å². The van der Waals surface area contributed by atoms with Crippen LogP contribution >= 0.6 is 15.9 Å². The van der Waals surface area contributed by atoms with Crippen LogP contribution in [0.4, 0.5) is 0 Å². The minimum absolute atomic E-state index is 0.0475. The molecular weight excluding hydrogens is 314 g/mol. The molecule has 1 aliphatic heterocycles. The van der Waals surface area contributed by atoms with Crippen LogP contribution in [0.5, 0.6) is 5.75 Å². The molecule has 0 saturated carbocycles. The lowest BCUT2D eigenvalue weighted by molar-refractivity contribution is -0.124. The molecule has 2 atom stereocenters. The molecule has 1 saturated heterocycles. The summed E-state index contributed by atoms with van der Waals surface area (Å²) in [5.41, 5.74) is 0.509. The first-order valence-corrected chi connectivity index (χ1v) is 6.42. The monoisotopic (exact) mass is 325 g/mol. The highest BCUT2D eigenvalue weighted by Gasteiger charge is 2.31. The maximum Gasteiger partial charge on any atom is 0.299 e. The third kappa shape index (κ3) is 3.26. The van der Waals surface area contributed by atoms with E-state index < -0.39 is 18.1 Å². The van der Waals surface area contributed by atoms with Crippen LogP contribution in [0, 0.1) is 11.8 Å². The summed E-state index contributed by atoms with van der Waals surface area (Å²) >= 11 is 3.15. The van der Waals surface area contributed by atoms with Crippen LogP contribution in [0.2, 0.25) is 0 Å². The highest BCUT2D eigenvalue weighted by atomic mass is 79.9. The lowest BCUT2D eigenvalue weighted by Crippen LogP contribution is -2.28. The second-order valence-corrected chi connectivity index (χ2v) is 5.12. The van der Waals surface area contributed by atoms with E-state index in [4.69, 9.17) is 0 Å². The van der Waals surface area contributed by atoms with Crippen molar-refractivity contribution in [2.75, 3.05) is 13.1 Å². The van der Waals surface area contributed by atoms with E-state index in [1.165, 1.54) is 11.0 Å². The van der Waals surface area contributed by atoms with Crippen LogP contribution in [0.1, 0.15) is 5.56 Å². The summed E-state index contributed by atoms with van der Waals surface area (Å²) in [6.45, 7) is 0.167. The van der Waals surface area contributed by atoms with Gasteiger partial charge in [-0.05, 0) is 34.1 Å². The van der Waals surface area contributed by atoms with E-state index >= 15 is 0 Å². The highest BCUT2D eigenvalue weighted by molar-refractivity contribution is 9.10. The number of amides is 1. The first kappa shape index (κ1) is 13.9. The maximum absolute atomic E-state index is 11.7. The number of carbonyl (C=O) groups is 1. The molecule has 1 heterocycles. The van der Waals surface area contributed by atoms with Gasteiger partial charge >= 0.3 is 0 Å². The Morgan fingerprint density at radius 2 is 1.95 bits per heavy atom. The minimum Gasteiger partial charge on any atom is -0.507 e. The first-order valence-electron chi connectivity index (χ1n) is 5.63. The summed E-state index contributed by atoms with van der Waals surface area (Å²) in [6.07, 6.45) is -1.83. The summed E-state index contributed by atoms with van der Waals surface area (Å²) in [6, 6.07) is 4.74. The van der Waals surface area contributed by atoms with Crippen LogP contribution in [0.3, 0.4) is 0 Å². The average Bonchev–Trinajstić information content (AvgIpc) is 2.71. The lowest BCUT2D eigenvalue weighted by atomic mass is 10.2. The predicted octanol–water partition coefficient (Wildman–Crippen LogP) is 0.0702. The summed E-state index contributed by atoms with van der Waals surface area (Å²) < 4.78 is 0.551. The van der Waals surface area contributed by atoms with Gasteiger partial charge in [-0.25, -0.2) is 0 Å². The number of phenolic OH excluding ortho intramolecular Hbond substituents is 1. The predicted molar refractivity (Wildman–Crippen MR) is 71.3 cm³/mol. The van der Waals surface area contributed by atoms with E-state index in [1.54, 1.807) is 12.1 Å². The van der Waals surface area contributed by atoms with Crippen molar-refractivity contribution in [2.24, 2.45) is 0 Å². The standard InChI is InChI=1S/C13H12BrNO4/c14-9-3-1-8(5-10(9)16)2-4-13(19)15-6-11(17)12(18)7-15/h1,3,5,11-12,16-18H,6-7H2/t11-,12+. The molecule has 0 aromatic heterocycles. The van der Waals surface area contributed by atoms with Gasteiger partial charge in [0.05, 0.1) is 29.8 Å². The van der Waals surface area contributed by atoms with Crippen molar-refractivity contribution in [3.63, 3.8) is 0 Å². The third-order valence-electron chi connectivity index (χ3n) is 2.81. The summed E-state index contributed by atoms with van der Waals surface area (Å²) in [7, 11) is 0. The zero-order valence-electron chi connectivity index (χ0n) is 9.88. The molecule has 1 amide bonds. The van der Waals surface area contributed by atoms with Crippen molar-refractivity contribution in [3.05, 3.63) is 28.2 Å². The molecule has 0 bridgehead atoms. The van der Waals surface area contributed by atoms with Crippen LogP contribution in [0.15, 0.2) is 22.7 Å². The fraction of sp³-hybridized carbons (Fsp3) is 0.308. The lowest BCUT2D eigenvalue weighted by Gasteiger charge is -2.10. The molecule has 19 heavy (non-hydrogen) atoms.